The zero-order valence-electron chi connectivity index (χ0n) is 30.5. The third kappa shape index (κ3) is 18.4. The molecule has 0 spiro atoms. The number of carboxylic acid groups (broad SMARTS) is 3. The maximum absolute atomic E-state index is 12.6. The zero-order valence-corrected chi connectivity index (χ0v) is 30.5. The van der Waals surface area contributed by atoms with Crippen LogP contribution in [-0.4, -0.2) is 62.4 Å². The first-order valence-electron chi connectivity index (χ1n) is 19.4. The predicted molar refractivity (Wildman–Crippen MR) is 191 cm³/mol. The number of hydrogen-bond acceptors (Lipinski definition) is 3. The van der Waals surface area contributed by atoms with Crippen molar-refractivity contribution in [2.45, 2.75) is 213 Å². The van der Waals surface area contributed by atoms with Crippen LogP contribution in [0.3, 0.4) is 0 Å². The average molecular weight is 653 g/mol. The lowest BCUT2D eigenvalue weighted by molar-refractivity contribution is -0.973. The molecule has 0 aromatic heterocycles. The van der Waals surface area contributed by atoms with Crippen LogP contribution in [0.5, 0.6) is 0 Å². The summed E-state index contributed by atoms with van der Waals surface area (Å²) in [5.74, 6) is -3.31. The smallest absolute Gasteiger partial charge is 0.362 e. The number of hydrogen-bond donors (Lipinski definition) is 3. The normalized spacial score (nSPS) is 15.0. The van der Waals surface area contributed by atoms with Gasteiger partial charge in [-0.25, -0.2) is 14.4 Å². The fourth-order valence-corrected chi connectivity index (χ4v) is 7.35. The number of rotatable bonds is 34. The van der Waals surface area contributed by atoms with Crippen molar-refractivity contribution >= 4 is 17.9 Å². The van der Waals surface area contributed by atoms with Crippen molar-refractivity contribution in [3.05, 3.63) is 12.2 Å². The first kappa shape index (κ1) is 44.1. The number of aliphatic carboxylic acids is 3. The van der Waals surface area contributed by atoms with E-state index in [0.717, 1.165) is 12.8 Å². The van der Waals surface area contributed by atoms with E-state index in [9.17, 15) is 29.7 Å². The maximum atomic E-state index is 12.6. The summed E-state index contributed by atoms with van der Waals surface area (Å²) in [7, 11) is 0. The van der Waals surface area contributed by atoms with Crippen LogP contribution in [-0.2, 0) is 14.4 Å². The van der Waals surface area contributed by atoms with Crippen LogP contribution in [0.4, 0.5) is 0 Å². The molecule has 0 bridgehead atoms. The van der Waals surface area contributed by atoms with Gasteiger partial charge >= 0.3 is 17.9 Å². The lowest BCUT2D eigenvalue weighted by Crippen LogP contribution is -2.72. The Hall–Kier alpha value is -1.89. The van der Waals surface area contributed by atoms with Crippen LogP contribution in [0.2, 0.25) is 0 Å². The van der Waals surface area contributed by atoms with Crippen LogP contribution in [0.25, 0.3) is 0 Å². The first-order chi connectivity index (χ1) is 22.2. The van der Waals surface area contributed by atoms with E-state index in [0.29, 0.717) is 25.7 Å². The molecule has 3 unspecified atom stereocenters. The second kappa shape index (κ2) is 29.3. The van der Waals surface area contributed by atoms with Crippen molar-refractivity contribution in [3.8, 4) is 0 Å². The highest BCUT2D eigenvalue weighted by Gasteiger charge is 2.56. The molecule has 0 fully saturated rings. The molecule has 0 saturated heterocycles. The Labute approximate surface area is 283 Å². The molecule has 0 heterocycles. The molecule has 7 heteroatoms. The standard InChI is InChI=1S/C39H73NO6/c1-5-9-10-11-12-13-14-15-16-17-18-19-20-21-22-23-24-25-26-27-28-29-33-40(34(30-6-2)37(41)42,35(31-7-3)38(43)44)36(32-8-4)39(45)46/h27-28,34-36H,5-26,29-33H2,1-4H3,(H2-,41,42,43,44,45,46)/p+1/b28-27+. The van der Waals surface area contributed by atoms with Crippen molar-refractivity contribution in [1.82, 2.24) is 0 Å². The van der Waals surface area contributed by atoms with E-state index in [-0.39, 0.29) is 25.8 Å². The molecule has 0 rings (SSSR count). The van der Waals surface area contributed by atoms with Crippen LogP contribution in [0, 0.1) is 0 Å². The van der Waals surface area contributed by atoms with E-state index in [1.165, 1.54) is 109 Å². The van der Waals surface area contributed by atoms with Crippen molar-refractivity contribution in [2.75, 3.05) is 6.54 Å². The monoisotopic (exact) mass is 653 g/mol. The second-order valence-corrected chi connectivity index (χ2v) is 13.7. The SMILES string of the molecule is CCCCCCCCCCCCCCCCCCCC/C=C/CC[N+](C(CCC)C(=O)O)(C(CCC)C(=O)O)C(CCC)C(=O)O. The quantitative estimate of drug-likeness (QED) is 0.0362. The molecule has 0 aliphatic carbocycles. The van der Waals surface area contributed by atoms with Gasteiger partial charge in [0, 0.05) is 25.7 Å². The Morgan fingerprint density at radius 3 is 1.00 bits per heavy atom. The van der Waals surface area contributed by atoms with Crippen LogP contribution < -0.4 is 0 Å². The van der Waals surface area contributed by atoms with Gasteiger partial charge in [-0.2, -0.15) is 0 Å². The number of carboxylic acids is 3. The largest absolute Gasteiger partial charge is 0.477 e. The number of allylic oxidation sites excluding steroid dienone is 1. The summed E-state index contributed by atoms with van der Waals surface area (Å²) < 4.78 is -0.418. The Morgan fingerprint density at radius 1 is 0.435 bits per heavy atom. The summed E-state index contributed by atoms with van der Waals surface area (Å²) in [6, 6.07) is -3.23. The van der Waals surface area contributed by atoms with Gasteiger partial charge in [0.05, 0.1) is 6.54 Å². The number of nitrogens with zero attached hydrogens (tertiary/aromatic N) is 1. The molecular weight excluding hydrogens is 578 g/mol. The van der Waals surface area contributed by atoms with Crippen molar-refractivity contribution in [3.63, 3.8) is 0 Å². The maximum Gasteiger partial charge on any atom is 0.362 e. The summed E-state index contributed by atoms with van der Waals surface area (Å²) in [4.78, 5) is 37.8. The highest BCUT2D eigenvalue weighted by atomic mass is 16.4. The molecule has 3 N–H and O–H groups in total. The van der Waals surface area contributed by atoms with E-state index >= 15 is 0 Å². The second-order valence-electron chi connectivity index (χ2n) is 13.7. The molecule has 46 heavy (non-hydrogen) atoms. The minimum absolute atomic E-state index is 0.195. The average Bonchev–Trinajstić information content (AvgIpc) is 3.02. The molecule has 0 aromatic rings. The van der Waals surface area contributed by atoms with E-state index in [4.69, 9.17) is 0 Å². The third-order valence-corrected chi connectivity index (χ3v) is 9.86. The van der Waals surface area contributed by atoms with Crippen molar-refractivity contribution in [2.24, 2.45) is 0 Å². The molecule has 7 nitrogen and oxygen atoms in total. The summed E-state index contributed by atoms with van der Waals surface area (Å²) in [6.45, 7) is 8.08. The molecule has 3 atom stereocenters. The van der Waals surface area contributed by atoms with E-state index < -0.39 is 40.5 Å². The minimum atomic E-state index is -1.10. The summed E-state index contributed by atoms with van der Waals surface area (Å²) >= 11 is 0. The van der Waals surface area contributed by atoms with Gasteiger partial charge in [0.1, 0.15) is 0 Å². The Kier molecular flexibility index (Phi) is 28.1. The topological polar surface area (TPSA) is 112 Å². The summed E-state index contributed by atoms with van der Waals surface area (Å²) in [5.41, 5.74) is 0. The van der Waals surface area contributed by atoms with E-state index in [1.54, 1.807) is 0 Å². The van der Waals surface area contributed by atoms with Crippen molar-refractivity contribution in [1.29, 1.82) is 0 Å². The highest BCUT2D eigenvalue weighted by Crippen LogP contribution is 2.34. The first-order valence-corrected chi connectivity index (χ1v) is 19.4. The summed E-state index contributed by atoms with van der Waals surface area (Å²) in [6.07, 6.45) is 32.2. The Morgan fingerprint density at radius 2 is 0.717 bits per heavy atom. The van der Waals surface area contributed by atoms with Gasteiger partial charge < -0.3 is 15.3 Å². The van der Waals surface area contributed by atoms with Gasteiger partial charge in [-0.1, -0.05) is 149 Å². The Bertz CT molecular complexity index is 738. The summed E-state index contributed by atoms with van der Waals surface area (Å²) in [5, 5.41) is 30.9. The van der Waals surface area contributed by atoms with Gasteiger partial charge in [-0.05, 0) is 32.1 Å². The molecule has 270 valence electrons. The molecule has 0 saturated carbocycles. The van der Waals surface area contributed by atoms with E-state index in [1.807, 2.05) is 26.8 Å². The van der Waals surface area contributed by atoms with Crippen LogP contribution in [0.1, 0.15) is 195 Å². The molecule has 0 aliphatic heterocycles. The zero-order chi connectivity index (χ0) is 34.5. The number of unbranched alkanes of at least 4 members (excludes halogenated alkanes) is 18. The minimum Gasteiger partial charge on any atom is -0.477 e. The Balaban J connectivity index is 4.65. The molecular formula is C39H74NO6+. The van der Waals surface area contributed by atoms with Gasteiger partial charge in [-0.15, -0.1) is 0 Å². The molecule has 0 aromatic carbocycles. The molecule has 0 radical (unpaired) electrons. The number of quaternary nitrogens is 1. The van der Waals surface area contributed by atoms with Gasteiger partial charge in [0.2, 0.25) is 0 Å². The predicted octanol–water partition coefficient (Wildman–Crippen LogP) is 10.9. The third-order valence-electron chi connectivity index (χ3n) is 9.86. The van der Waals surface area contributed by atoms with Crippen LogP contribution in [0.15, 0.2) is 12.2 Å². The van der Waals surface area contributed by atoms with E-state index in [2.05, 4.69) is 13.0 Å². The lowest BCUT2D eigenvalue weighted by Gasteiger charge is -2.50. The number of carbonyl (C=O) groups is 3. The van der Waals surface area contributed by atoms with Gasteiger partial charge in [0.25, 0.3) is 0 Å². The lowest BCUT2D eigenvalue weighted by atomic mass is 9.91. The van der Waals surface area contributed by atoms with Crippen LogP contribution >= 0.6 is 0 Å². The van der Waals surface area contributed by atoms with Gasteiger partial charge in [-0.3, -0.25) is 4.48 Å². The fourth-order valence-electron chi connectivity index (χ4n) is 7.35. The molecule has 0 aliphatic rings. The fraction of sp³-hybridized carbons (Fsp3) is 0.872. The molecule has 0 amide bonds. The van der Waals surface area contributed by atoms with Gasteiger partial charge in [0.15, 0.2) is 18.1 Å². The van der Waals surface area contributed by atoms with Crippen molar-refractivity contribution < 1.29 is 34.2 Å². The highest BCUT2D eigenvalue weighted by molar-refractivity contribution is 5.78.